The molecule has 0 spiro atoms. The summed E-state index contributed by atoms with van der Waals surface area (Å²) in [6, 6.07) is 11.7. The third-order valence-electron chi connectivity index (χ3n) is 6.14. The number of hydrogen-bond donors (Lipinski definition) is 2. The van der Waals surface area contributed by atoms with Crippen molar-refractivity contribution in [1.82, 2.24) is 9.88 Å². The Bertz CT molecular complexity index is 1050. The molecule has 1 aliphatic rings. The van der Waals surface area contributed by atoms with Crippen LogP contribution in [0.2, 0.25) is 0 Å². The number of H-pyrrole nitrogens is 1. The summed E-state index contributed by atoms with van der Waals surface area (Å²) in [5.74, 6) is -0.903. The second kappa shape index (κ2) is 7.32. The summed E-state index contributed by atoms with van der Waals surface area (Å²) < 4.78 is 6.14. The van der Waals surface area contributed by atoms with Gasteiger partial charge in [0.2, 0.25) is 0 Å². The van der Waals surface area contributed by atoms with Gasteiger partial charge in [0.15, 0.2) is 0 Å². The Kier molecular flexibility index (Phi) is 4.97. The predicted molar refractivity (Wildman–Crippen MR) is 114 cm³/mol. The standard InChI is InChI=1S/C24H28N2O3/c1-5-29-24(4)14-26(22(24)17-6-8-18(9-7-17)23(27)28)13-20-15(2)12-16(3)21-19(20)10-11-25-21/h6-12,22,25H,5,13-14H2,1-4H3,(H,27,28). The Hall–Kier alpha value is -2.63. The van der Waals surface area contributed by atoms with Gasteiger partial charge < -0.3 is 14.8 Å². The molecule has 1 saturated heterocycles. The zero-order valence-electron chi connectivity index (χ0n) is 17.5. The third kappa shape index (κ3) is 3.34. The summed E-state index contributed by atoms with van der Waals surface area (Å²) in [4.78, 5) is 17.0. The highest BCUT2D eigenvalue weighted by Crippen LogP contribution is 2.46. The number of rotatable bonds is 6. The maximum Gasteiger partial charge on any atom is 0.335 e. The van der Waals surface area contributed by atoms with E-state index in [9.17, 15) is 9.90 Å². The molecule has 4 rings (SSSR count). The highest BCUT2D eigenvalue weighted by molar-refractivity contribution is 5.88. The topological polar surface area (TPSA) is 65.6 Å². The molecule has 2 N–H and O–H groups in total. The lowest BCUT2D eigenvalue weighted by atomic mass is 9.79. The van der Waals surface area contributed by atoms with Gasteiger partial charge in [0.05, 0.1) is 17.2 Å². The summed E-state index contributed by atoms with van der Waals surface area (Å²) in [6.07, 6.45) is 2.00. The summed E-state index contributed by atoms with van der Waals surface area (Å²) >= 11 is 0. The first kappa shape index (κ1) is 19.7. The van der Waals surface area contributed by atoms with Crippen molar-refractivity contribution >= 4 is 16.9 Å². The maximum atomic E-state index is 11.2. The molecule has 0 amide bonds. The van der Waals surface area contributed by atoms with E-state index in [2.05, 4.69) is 42.8 Å². The molecular formula is C24H28N2O3. The molecule has 2 atom stereocenters. The first-order chi connectivity index (χ1) is 13.8. The summed E-state index contributed by atoms with van der Waals surface area (Å²) in [5.41, 5.74) is 6.19. The van der Waals surface area contributed by atoms with Gasteiger partial charge in [-0.15, -0.1) is 0 Å². The van der Waals surface area contributed by atoms with Crippen molar-refractivity contribution in [2.45, 2.75) is 45.9 Å². The van der Waals surface area contributed by atoms with Crippen molar-refractivity contribution in [3.63, 3.8) is 0 Å². The molecule has 2 heterocycles. The van der Waals surface area contributed by atoms with Crippen LogP contribution in [0.1, 0.15) is 52.5 Å². The molecule has 2 aromatic carbocycles. The molecule has 1 fully saturated rings. The lowest BCUT2D eigenvalue weighted by Crippen LogP contribution is -2.62. The van der Waals surface area contributed by atoms with Crippen molar-refractivity contribution in [2.24, 2.45) is 0 Å². The first-order valence-corrected chi connectivity index (χ1v) is 10.1. The first-order valence-electron chi connectivity index (χ1n) is 10.1. The third-order valence-corrected chi connectivity index (χ3v) is 6.14. The van der Waals surface area contributed by atoms with Crippen molar-refractivity contribution < 1.29 is 14.6 Å². The molecule has 0 bridgehead atoms. The van der Waals surface area contributed by atoms with E-state index < -0.39 is 5.97 Å². The number of ether oxygens (including phenoxy) is 1. The fourth-order valence-corrected chi connectivity index (χ4v) is 4.88. The molecule has 152 valence electrons. The molecule has 29 heavy (non-hydrogen) atoms. The van der Waals surface area contributed by atoms with Gasteiger partial charge >= 0.3 is 5.97 Å². The summed E-state index contributed by atoms with van der Waals surface area (Å²) in [5, 5.41) is 10.5. The molecule has 0 saturated carbocycles. The van der Waals surface area contributed by atoms with Gasteiger partial charge in [-0.05, 0) is 68.1 Å². The number of fused-ring (bicyclic) bond motifs is 1. The number of aryl methyl sites for hydroxylation is 2. The zero-order chi connectivity index (χ0) is 20.8. The van der Waals surface area contributed by atoms with Gasteiger partial charge in [-0.1, -0.05) is 18.2 Å². The SMILES string of the molecule is CCOC1(C)CN(Cc2c(C)cc(C)c3[nH]ccc23)C1c1ccc(C(=O)O)cc1. The van der Waals surface area contributed by atoms with Crippen LogP contribution in [0.3, 0.4) is 0 Å². The van der Waals surface area contributed by atoms with Crippen LogP contribution < -0.4 is 0 Å². The van der Waals surface area contributed by atoms with Crippen LogP contribution in [-0.2, 0) is 11.3 Å². The number of carbonyl (C=O) groups is 1. The second-order valence-electron chi connectivity index (χ2n) is 8.24. The van der Waals surface area contributed by atoms with Crippen LogP contribution in [0.4, 0.5) is 0 Å². The Morgan fingerprint density at radius 3 is 2.62 bits per heavy atom. The summed E-state index contributed by atoms with van der Waals surface area (Å²) in [6.45, 7) is 10.8. The van der Waals surface area contributed by atoms with E-state index in [-0.39, 0.29) is 11.6 Å². The smallest absolute Gasteiger partial charge is 0.335 e. The highest BCUT2D eigenvalue weighted by Gasteiger charge is 2.50. The quantitative estimate of drug-likeness (QED) is 0.630. The summed E-state index contributed by atoms with van der Waals surface area (Å²) in [7, 11) is 0. The van der Waals surface area contributed by atoms with Gasteiger partial charge in [0, 0.05) is 36.8 Å². The Morgan fingerprint density at radius 1 is 1.24 bits per heavy atom. The number of aromatic amines is 1. The number of nitrogens with one attached hydrogen (secondary N) is 1. The number of aromatic carboxylic acids is 1. The molecule has 1 aromatic heterocycles. The number of aromatic nitrogens is 1. The Balaban J connectivity index is 1.68. The van der Waals surface area contributed by atoms with E-state index in [1.807, 2.05) is 25.3 Å². The number of carboxylic acids is 1. The normalized spacial score (nSPS) is 22.0. The number of benzene rings is 2. The monoisotopic (exact) mass is 392 g/mol. The van der Waals surface area contributed by atoms with Crippen molar-refractivity contribution in [3.8, 4) is 0 Å². The van der Waals surface area contributed by atoms with E-state index >= 15 is 0 Å². The van der Waals surface area contributed by atoms with Gasteiger partial charge in [0.1, 0.15) is 0 Å². The average Bonchev–Trinajstić information content (AvgIpc) is 3.15. The van der Waals surface area contributed by atoms with Gasteiger partial charge in [-0.3, -0.25) is 4.90 Å². The Morgan fingerprint density at radius 2 is 1.97 bits per heavy atom. The average molecular weight is 392 g/mol. The fourth-order valence-electron chi connectivity index (χ4n) is 4.88. The zero-order valence-corrected chi connectivity index (χ0v) is 17.5. The van der Waals surface area contributed by atoms with Gasteiger partial charge in [0.25, 0.3) is 0 Å². The van der Waals surface area contributed by atoms with E-state index in [0.29, 0.717) is 12.2 Å². The molecule has 5 nitrogen and oxygen atoms in total. The van der Waals surface area contributed by atoms with Crippen LogP contribution in [0.15, 0.2) is 42.6 Å². The highest BCUT2D eigenvalue weighted by atomic mass is 16.5. The van der Waals surface area contributed by atoms with Crippen LogP contribution in [0, 0.1) is 13.8 Å². The van der Waals surface area contributed by atoms with Crippen LogP contribution in [-0.4, -0.2) is 39.7 Å². The van der Waals surface area contributed by atoms with Gasteiger partial charge in [-0.2, -0.15) is 0 Å². The van der Waals surface area contributed by atoms with E-state index in [1.54, 1.807) is 12.1 Å². The van der Waals surface area contributed by atoms with Gasteiger partial charge in [-0.25, -0.2) is 4.79 Å². The number of nitrogens with zero attached hydrogens (tertiary/aromatic N) is 1. The second-order valence-corrected chi connectivity index (χ2v) is 8.24. The number of hydrogen-bond acceptors (Lipinski definition) is 3. The minimum absolute atomic E-state index is 0.0833. The van der Waals surface area contributed by atoms with Crippen LogP contribution >= 0.6 is 0 Å². The Labute approximate surface area is 171 Å². The van der Waals surface area contributed by atoms with E-state index in [0.717, 1.165) is 18.7 Å². The molecule has 2 unspecified atom stereocenters. The number of carboxylic acid groups (broad SMARTS) is 1. The maximum absolute atomic E-state index is 11.2. The predicted octanol–water partition coefficient (Wildman–Crippen LogP) is 4.84. The lowest BCUT2D eigenvalue weighted by molar-refractivity contribution is -0.181. The van der Waals surface area contributed by atoms with Crippen LogP contribution in [0.25, 0.3) is 10.9 Å². The molecule has 0 aliphatic carbocycles. The van der Waals surface area contributed by atoms with Crippen LogP contribution in [0.5, 0.6) is 0 Å². The minimum atomic E-state index is -0.903. The molecule has 1 aliphatic heterocycles. The number of likely N-dealkylation sites (tertiary alicyclic amines) is 1. The molecule has 0 radical (unpaired) electrons. The van der Waals surface area contributed by atoms with E-state index in [1.165, 1.54) is 27.6 Å². The largest absolute Gasteiger partial charge is 0.478 e. The minimum Gasteiger partial charge on any atom is -0.478 e. The van der Waals surface area contributed by atoms with E-state index in [4.69, 9.17) is 4.74 Å². The van der Waals surface area contributed by atoms with Crippen molar-refractivity contribution in [1.29, 1.82) is 0 Å². The lowest BCUT2D eigenvalue weighted by Gasteiger charge is -2.55. The fraction of sp³-hybridized carbons (Fsp3) is 0.375. The van der Waals surface area contributed by atoms with Crippen molar-refractivity contribution in [2.75, 3.05) is 13.2 Å². The molecule has 5 heteroatoms. The molecular weight excluding hydrogens is 364 g/mol. The van der Waals surface area contributed by atoms with Crippen molar-refractivity contribution in [3.05, 3.63) is 70.4 Å². The molecule has 3 aromatic rings.